The molecule has 1 atom stereocenters. The Labute approximate surface area is 188 Å². The summed E-state index contributed by atoms with van der Waals surface area (Å²) in [5, 5.41) is 14.9. The lowest BCUT2D eigenvalue weighted by Gasteiger charge is -2.37. The fourth-order valence-corrected chi connectivity index (χ4v) is 4.66. The number of aliphatic hydroxyl groups is 1. The third kappa shape index (κ3) is 4.13. The Morgan fingerprint density at radius 3 is 2.62 bits per heavy atom. The highest BCUT2D eigenvalue weighted by Gasteiger charge is 2.24. The van der Waals surface area contributed by atoms with Crippen molar-refractivity contribution in [3.8, 4) is 0 Å². The highest BCUT2D eigenvalue weighted by atomic mass is 16.3. The quantitative estimate of drug-likeness (QED) is 0.650. The molecule has 166 valence electrons. The van der Waals surface area contributed by atoms with Crippen molar-refractivity contribution in [1.29, 1.82) is 0 Å². The molecule has 2 N–H and O–H groups in total. The largest absolute Gasteiger partial charge is 0.387 e. The minimum Gasteiger partial charge on any atom is -0.387 e. The summed E-state index contributed by atoms with van der Waals surface area (Å²) in [4.78, 5) is 23.1. The van der Waals surface area contributed by atoms with Gasteiger partial charge in [-0.3, -0.25) is 14.8 Å². The van der Waals surface area contributed by atoms with Gasteiger partial charge < -0.3 is 15.3 Å². The van der Waals surface area contributed by atoms with Crippen LogP contribution in [0.25, 0.3) is 10.9 Å². The molecule has 2 saturated heterocycles. The van der Waals surface area contributed by atoms with Crippen molar-refractivity contribution >= 4 is 28.3 Å². The summed E-state index contributed by atoms with van der Waals surface area (Å²) < 4.78 is 0. The van der Waals surface area contributed by atoms with Crippen LogP contribution in [0.5, 0.6) is 0 Å². The average molecular weight is 432 g/mol. The van der Waals surface area contributed by atoms with Crippen LogP contribution in [0.1, 0.15) is 17.4 Å². The van der Waals surface area contributed by atoms with Crippen LogP contribution in [0.4, 0.5) is 16.2 Å². The minimum atomic E-state index is -0.586. The van der Waals surface area contributed by atoms with E-state index >= 15 is 0 Å². The van der Waals surface area contributed by atoms with E-state index in [1.165, 1.54) is 11.1 Å². The maximum Gasteiger partial charge on any atom is 0.321 e. The van der Waals surface area contributed by atoms with Gasteiger partial charge in [0.25, 0.3) is 0 Å². The van der Waals surface area contributed by atoms with Crippen LogP contribution in [-0.4, -0.2) is 66.8 Å². The summed E-state index contributed by atoms with van der Waals surface area (Å²) in [5.41, 5.74) is 4.97. The van der Waals surface area contributed by atoms with Gasteiger partial charge in [-0.15, -0.1) is 0 Å². The number of rotatable bonds is 5. The second-order valence-corrected chi connectivity index (χ2v) is 8.58. The van der Waals surface area contributed by atoms with Gasteiger partial charge in [0.05, 0.1) is 11.6 Å². The van der Waals surface area contributed by atoms with Gasteiger partial charge in [-0.2, -0.15) is 0 Å². The molecular weight excluding hydrogens is 402 g/mol. The second kappa shape index (κ2) is 8.76. The number of benzene rings is 2. The van der Waals surface area contributed by atoms with E-state index in [4.69, 9.17) is 0 Å². The number of pyridine rings is 1. The van der Waals surface area contributed by atoms with E-state index in [2.05, 4.69) is 50.4 Å². The number of hydrogen-bond acceptors (Lipinski definition) is 5. The van der Waals surface area contributed by atoms with Crippen molar-refractivity contribution in [1.82, 2.24) is 15.2 Å². The third-order valence-electron chi connectivity index (χ3n) is 6.42. The molecule has 7 nitrogen and oxygen atoms in total. The summed E-state index contributed by atoms with van der Waals surface area (Å²) in [6, 6.07) is 18.2. The fourth-order valence-electron chi connectivity index (χ4n) is 4.66. The zero-order valence-electron chi connectivity index (χ0n) is 18.4. The summed E-state index contributed by atoms with van der Waals surface area (Å²) >= 11 is 0. The van der Waals surface area contributed by atoms with E-state index in [1.54, 1.807) is 4.90 Å². The van der Waals surface area contributed by atoms with Crippen LogP contribution in [0, 0.1) is 6.92 Å². The van der Waals surface area contributed by atoms with Crippen molar-refractivity contribution in [3.05, 3.63) is 65.9 Å². The molecule has 0 aliphatic carbocycles. The summed E-state index contributed by atoms with van der Waals surface area (Å²) in [6.07, 6.45) is -0.586. The number of β-amino-alcohol motifs (C(OH)–C–C–N with tert-alkyl or cyclic N) is 1. The first-order valence-electron chi connectivity index (χ1n) is 11.3. The van der Waals surface area contributed by atoms with Crippen molar-refractivity contribution < 1.29 is 9.90 Å². The summed E-state index contributed by atoms with van der Waals surface area (Å²) in [7, 11) is 0. The number of anilines is 2. The second-order valence-electron chi connectivity index (χ2n) is 8.58. The summed E-state index contributed by atoms with van der Waals surface area (Å²) in [6.45, 7) is 7.51. The van der Waals surface area contributed by atoms with Crippen LogP contribution >= 0.6 is 0 Å². The third-order valence-corrected chi connectivity index (χ3v) is 6.42. The zero-order valence-corrected chi connectivity index (χ0v) is 18.4. The number of hydrogen-bond donors (Lipinski definition) is 2. The topological polar surface area (TPSA) is 71.9 Å². The molecule has 2 fully saturated rings. The molecule has 5 rings (SSSR count). The number of carbonyl (C=O) groups is 1. The molecule has 1 aromatic heterocycles. The van der Waals surface area contributed by atoms with Gasteiger partial charge >= 0.3 is 6.03 Å². The minimum absolute atomic E-state index is 0.0773. The van der Waals surface area contributed by atoms with Crippen molar-refractivity contribution in [2.75, 3.05) is 55.6 Å². The zero-order chi connectivity index (χ0) is 22.1. The first-order valence-corrected chi connectivity index (χ1v) is 11.3. The number of amides is 2. The molecule has 3 heterocycles. The van der Waals surface area contributed by atoms with E-state index in [1.807, 2.05) is 31.2 Å². The number of nitrogens with one attached hydrogen (secondary N) is 1. The molecule has 3 aromatic rings. The molecule has 2 aliphatic rings. The Kier molecular flexibility index (Phi) is 5.68. The van der Waals surface area contributed by atoms with Crippen LogP contribution in [0.15, 0.2) is 54.6 Å². The Morgan fingerprint density at radius 1 is 1.03 bits per heavy atom. The van der Waals surface area contributed by atoms with E-state index in [-0.39, 0.29) is 6.03 Å². The van der Waals surface area contributed by atoms with Gasteiger partial charge in [-0.1, -0.05) is 18.2 Å². The Balaban J connectivity index is 1.23. The highest BCUT2D eigenvalue weighted by molar-refractivity contribution is 5.94. The normalized spacial score (nSPS) is 18.2. The number of nitrogens with zero attached hydrogens (tertiary/aromatic N) is 4. The fraction of sp³-hybridized carbons (Fsp3) is 0.360. The molecule has 2 aromatic carbocycles. The number of fused-ring (bicyclic) bond motifs is 1. The van der Waals surface area contributed by atoms with E-state index in [0.29, 0.717) is 19.6 Å². The number of piperazine rings is 1. The average Bonchev–Trinajstić information content (AvgIpc) is 3.25. The lowest BCUT2D eigenvalue weighted by molar-refractivity contribution is 0.109. The smallest absolute Gasteiger partial charge is 0.321 e. The maximum absolute atomic E-state index is 12.0. The van der Waals surface area contributed by atoms with Gasteiger partial charge in [0, 0.05) is 68.3 Å². The molecule has 32 heavy (non-hydrogen) atoms. The number of urea groups is 1. The van der Waals surface area contributed by atoms with Gasteiger partial charge in [0.1, 0.15) is 0 Å². The molecule has 1 unspecified atom stereocenters. The molecule has 0 bridgehead atoms. The maximum atomic E-state index is 12.0. The first kappa shape index (κ1) is 20.7. The van der Waals surface area contributed by atoms with E-state index in [0.717, 1.165) is 48.6 Å². The summed E-state index contributed by atoms with van der Waals surface area (Å²) in [5.74, 6) is 0. The van der Waals surface area contributed by atoms with E-state index < -0.39 is 6.10 Å². The van der Waals surface area contributed by atoms with E-state index in [9.17, 15) is 9.90 Å². The molecular formula is C25H29N5O2. The predicted molar refractivity (Wildman–Crippen MR) is 127 cm³/mol. The molecule has 0 saturated carbocycles. The highest BCUT2D eigenvalue weighted by Crippen LogP contribution is 2.28. The van der Waals surface area contributed by atoms with Crippen LogP contribution < -0.4 is 15.1 Å². The molecule has 0 radical (unpaired) electrons. The van der Waals surface area contributed by atoms with Gasteiger partial charge in [0.15, 0.2) is 0 Å². The molecule has 2 amide bonds. The number of aliphatic hydroxyl groups excluding tert-OH is 1. The van der Waals surface area contributed by atoms with Crippen molar-refractivity contribution in [2.24, 2.45) is 0 Å². The monoisotopic (exact) mass is 431 g/mol. The first-order chi connectivity index (χ1) is 15.6. The van der Waals surface area contributed by atoms with Gasteiger partial charge in [0.2, 0.25) is 0 Å². The Morgan fingerprint density at radius 2 is 1.84 bits per heavy atom. The van der Waals surface area contributed by atoms with Gasteiger partial charge in [-0.05, 0) is 48.9 Å². The van der Waals surface area contributed by atoms with Crippen LogP contribution in [-0.2, 0) is 0 Å². The number of carbonyl (C=O) groups excluding carboxylic acids is 1. The standard InChI is InChI=1S/C25H29N5O2/c1-18-8-9-21-22(27-18)6-3-7-23(21)29-14-12-28(13-15-29)17-24(31)19-4-2-5-20(16-19)30-11-10-26-25(30)32/h2-9,16,24,31H,10-15,17H2,1H3,(H,26,32). The SMILES string of the molecule is Cc1ccc2c(N3CCN(CC(O)c4cccc(N5CCNC5=O)c4)CC3)cccc2n1. The lowest BCUT2D eigenvalue weighted by atomic mass is 10.1. The number of aromatic nitrogens is 1. The molecule has 0 spiro atoms. The Hall–Kier alpha value is -3.16. The van der Waals surface area contributed by atoms with Crippen molar-refractivity contribution in [2.45, 2.75) is 13.0 Å². The van der Waals surface area contributed by atoms with Crippen LogP contribution in [0.2, 0.25) is 0 Å². The molecule has 7 heteroatoms. The number of aryl methyl sites for hydroxylation is 1. The van der Waals surface area contributed by atoms with Crippen molar-refractivity contribution in [3.63, 3.8) is 0 Å². The molecule has 2 aliphatic heterocycles. The lowest BCUT2D eigenvalue weighted by Crippen LogP contribution is -2.47. The Bertz CT molecular complexity index is 1130. The predicted octanol–water partition coefficient (Wildman–Crippen LogP) is 2.93. The van der Waals surface area contributed by atoms with Crippen LogP contribution in [0.3, 0.4) is 0 Å². The van der Waals surface area contributed by atoms with Gasteiger partial charge in [-0.25, -0.2) is 4.79 Å².